The Hall–Kier alpha value is -0.250. The maximum atomic E-state index is 6.09. The summed E-state index contributed by atoms with van der Waals surface area (Å²) < 4.78 is 6.41. The van der Waals surface area contributed by atoms with Crippen LogP contribution in [0.5, 0.6) is 5.06 Å². The van der Waals surface area contributed by atoms with Gasteiger partial charge in [0, 0.05) is 20.4 Å². The van der Waals surface area contributed by atoms with Crippen molar-refractivity contribution in [2.24, 2.45) is 0 Å². The quantitative estimate of drug-likeness (QED) is 0.742. The van der Waals surface area contributed by atoms with E-state index in [-0.39, 0.29) is 0 Å². The molecule has 1 aromatic heterocycles. The van der Waals surface area contributed by atoms with Crippen molar-refractivity contribution in [2.45, 2.75) is 5.33 Å². The van der Waals surface area contributed by atoms with Crippen LogP contribution in [0.25, 0.3) is 10.1 Å². The van der Waals surface area contributed by atoms with E-state index >= 15 is 0 Å². The van der Waals surface area contributed by atoms with Crippen LogP contribution in [0.1, 0.15) is 5.56 Å². The fourth-order valence-corrected chi connectivity index (χ4v) is 3.26. The average molecular weight is 292 g/mol. The Morgan fingerprint density at radius 2 is 2.29 bits per heavy atom. The fourth-order valence-electron chi connectivity index (χ4n) is 1.36. The molecule has 0 spiro atoms. The summed E-state index contributed by atoms with van der Waals surface area (Å²) in [7, 11) is 1.68. The van der Waals surface area contributed by atoms with E-state index < -0.39 is 0 Å². The summed E-state index contributed by atoms with van der Waals surface area (Å²) in [4.78, 5) is 0. The first-order chi connectivity index (χ1) is 6.76. The average Bonchev–Trinajstić information content (AvgIpc) is 2.60. The second-order valence-electron chi connectivity index (χ2n) is 2.84. The summed E-state index contributed by atoms with van der Waals surface area (Å²) >= 11 is 11.2. The van der Waals surface area contributed by atoms with Gasteiger partial charge < -0.3 is 4.74 Å². The van der Waals surface area contributed by atoms with Gasteiger partial charge in [-0.1, -0.05) is 38.9 Å². The van der Waals surface area contributed by atoms with Crippen molar-refractivity contribution in [3.05, 3.63) is 28.8 Å². The highest BCUT2D eigenvalue weighted by Crippen LogP contribution is 2.37. The molecule has 0 aliphatic heterocycles. The van der Waals surface area contributed by atoms with Gasteiger partial charge in [-0.3, -0.25) is 0 Å². The van der Waals surface area contributed by atoms with Crippen molar-refractivity contribution in [3.8, 4) is 5.06 Å². The molecule has 4 heteroatoms. The zero-order valence-electron chi connectivity index (χ0n) is 7.51. The zero-order valence-corrected chi connectivity index (χ0v) is 10.7. The molecule has 1 heterocycles. The number of rotatable bonds is 2. The summed E-state index contributed by atoms with van der Waals surface area (Å²) in [5, 5.41) is 3.67. The lowest BCUT2D eigenvalue weighted by molar-refractivity contribution is 0.427. The Morgan fingerprint density at radius 1 is 1.50 bits per heavy atom. The van der Waals surface area contributed by atoms with Gasteiger partial charge in [0.05, 0.1) is 7.11 Å². The molecule has 0 bridgehead atoms. The maximum absolute atomic E-state index is 6.09. The molecule has 0 atom stereocenters. The van der Waals surface area contributed by atoms with Crippen molar-refractivity contribution in [1.29, 1.82) is 0 Å². The molecular formula is C10H8BrClOS. The van der Waals surface area contributed by atoms with Crippen molar-refractivity contribution < 1.29 is 4.74 Å². The van der Waals surface area contributed by atoms with Crippen LogP contribution in [-0.4, -0.2) is 7.11 Å². The van der Waals surface area contributed by atoms with Gasteiger partial charge in [0.25, 0.3) is 0 Å². The van der Waals surface area contributed by atoms with Crippen LogP contribution in [0.15, 0.2) is 18.2 Å². The summed E-state index contributed by atoms with van der Waals surface area (Å²) in [5.74, 6) is 0. The first-order valence-electron chi connectivity index (χ1n) is 4.07. The minimum atomic E-state index is 0.767. The second kappa shape index (κ2) is 4.09. The summed E-state index contributed by atoms with van der Waals surface area (Å²) in [5.41, 5.74) is 1.13. The van der Waals surface area contributed by atoms with Crippen LogP contribution in [0.2, 0.25) is 5.02 Å². The number of fused-ring (bicyclic) bond motifs is 1. The van der Waals surface area contributed by atoms with Crippen LogP contribution < -0.4 is 4.74 Å². The van der Waals surface area contributed by atoms with E-state index in [0.29, 0.717) is 0 Å². The summed E-state index contributed by atoms with van der Waals surface area (Å²) in [6.07, 6.45) is 0. The number of methoxy groups -OCH3 is 1. The third-order valence-corrected chi connectivity index (χ3v) is 4.04. The van der Waals surface area contributed by atoms with Crippen molar-refractivity contribution in [3.63, 3.8) is 0 Å². The largest absolute Gasteiger partial charge is 0.487 e. The number of thiophene rings is 1. The molecule has 0 fully saturated rings. The zero-order chi connectivity index (χ0) is 10.1. The molecule has 0 unspecified atom stereocenters. The molecule has 14 heavy (non-hydrogen) atoms. The number of halogens is 2. The normalized spacial score (nSPS) is 10.8. The first-order valence-corrected chi connectivity index (χ1v) is 6.38. The third kappa shape index (κ3) is 1.64. The van der Waals surface area contributed by atoms with Crippen LogP contribution in [0.3, 0.4) is 0 Å². The fraction of sp³-hybridized carbons (Fsp3) is 0.200. The number of alkyl halides is 1. The number of ether oxygens (including phenoxy) is 1. The SMILES string of the molecule is COc1cc2c(CBr)c(Cl)ccc2s1. The topological polar surface area (TPSA) is 9.23 Å². The third-order valence-electron chi connectivity index (χ3n) is 2.07. The Labute approximate surface area is 99.8 Å². The Kier molecular flexibility index (Phi) is 3.00. The van der Waals surface area contributed by atoms with E-state index in [1.54, 1.807) is 18.4 Å². The lowest BCUT2D eigenvalue weighted by Gasteiger charge is -2.00. The predicted molar refractivity (Wildman–Crippen MR) is 66.0 cm³/mol. The van der Waals surface area contributed by atoms with Gasteiger partial charge in [-0.15, -0.1) is 0 Å². The molecule has 2 aromatic rings. The molecule has 1 aromatic carbocycles. The number of hydrogen-bond donors (Lipinski definition) is 0. The van der Waals surface area contributed by atoms with Gasteiger partial charge in [0.15, 0.2) is 5.06 Å². The highest BCUT2D eigenvalue weighted by Gasteiger charge is 2.08. The molecule has 0 saturated heterocycles. The van der Waals surface area contributed by atoms with E-state index in [4.69, 9.17) is 16.3 Å². The lowest BCUT2D eigenvalue weighted by Crippen LogP contribution is -1.80. The summed E-state index contributed by atoms with van der Waals surface area (Å²) in [6, 6.07) is 5.98. The van der Waals surface area contributed by atoms with Crippen LogP contribution in [0, 0.1) is 0 Å². The minimum Gasteiger partial charge on any atom is -0.487 e. The van der Waals surface area contributed by atoms with Gasteiger partial charge in [-0.2, -0.15) is 0 Å². The smallest absolute Gasteiger partial charge is 0.174 e. The Balaban J connectivity index is 2.73. The molecule has 1 nitrogen and oxygen atoms in total. The Morgan fingerprint density at radius 3 is 2.93 bits per heavy atom. The van der Waals surface area contributed by atoms with Crippen molar-refractivity contribution >= 4 is 49.0 Å². The van der Waals surface area contributed by atoms with Gasteiger partial charge in [0.2, 0.25) is 0 Å². The van der Waals surface area contributed by atoms with E-state index in [1.807, 2.05) is 18.2 Å². The molecule has 0 radical (unpaired) electrons. The number of hydrogen-bond acceptors (Lipinski definition) is 2. The first kappa shape index (κ1) is 10.3. The second-order valence-corrected chi connectivity index (χ2v) is 4.86. The van der Waals surface area contributed by atoms with Gasteiger partial charge in [-0.05, 0) is 23.8 Å². The maximum Gasteiger partial charge on any atom is 0.174 e. The van der Waals surface area contributed by atoms with E-state index in [0.717, 1.165) is 21.0 Å². The van der Waals surface area contributed by atoms with Crippen molar-refractivity contribution in [1.82, 2.24) is 0 Å². The van der Waals surface area contributed by atoms with Gasteiger partial charge in [-0.25, -0.2) is 0 Å². The van der Waals surface area contributed by atoms with E-state index in [9.17, 15) is 0 Å². The lowest BCUT2D eigenvalue weighted by atomic mass is 10.1. The molecular weight excluding hydrogens is 284 g/mol. The van der Waals surface area contributed by atoms with Crippen LogP contribution in [0.4, 0.5) is 0 Å². The van der Waals surface area contributed by atoms with Gasteiger partial charge in [0.1, 0.15) is 0 Å². The highest BCUT2D eigenvalue weighted by atomic mass is 79.9. The molecule has 0 amide bonds. The molecule has 0 aliphatic rings. The summed E-state index contributed by atoms with van der Waals surface area (Å²) in [6.45, 7) is 0. The standard InChI is InChI=1S/C10H8BrClOS/c1-13-10-4-6-7(5-11)8(12)2-3-9(6)14-10/h2-4H,5H2,1H3. The van der Waals surface area contributed by atoms with Crippen LogP contribution in [-0.2, 0) is 5.33 Å². The molecule has 0 aliphatic carbocycles. The molecule has 0 N–H and O–H groups in total. The highest BCUT2D eigenvalue weighted by molar-refractivity contribution is 9.08. The Bertz CT molecular complexity index is 466. The monoisotopic (exact) mass is 290 g/mol. The minimum absolute atomic E-state index is 0.767. The van der Waals surface area contributed by atoms with Crippen molar-refractivity contribution in [2.75, 3.05) is 7.11 Å². The van der Waals surface area contributed by atoms with E-state index in [2.05, 4.69) is 15.9 Å². The molecule has 2 rings (SSSR count). The number of benzene rings is 1. The van der Waals surface area contributed by atoms with Gasteiger partial charge >= 0.3 is 0 Å². The van der Waals surface area contributed by atoms with E-state index in [1.165, 1.54) is 10.1 Å². The molecule has 0 saturated carbocycles. The predicted octanol–water partition coefficient (Wildman–Crippen LogP) is 4.46. The molecule has 74 valence electrons. The van der Waals surface area contributed by atoms with Crippen LogP contribution >= 0.6 is 38.9 Å².